The number of carbonyl (C=O) groups is 2. The van der Waals surface area contributed by atoms with Crippen LogP contribution in [0.25, 0.3) is 5.82 Å². The topological polar surface area (TPSA) is 113 Å². The smallest absolute Gasteiger partial charge is 0.377 e. The van der Waals surface area contributed by atoms with Crippen LogP contribution in [-0.2, 0) is 4.74 Å². The third-order valence-electron chi connectivity index (χ3n) is 2.13. The van der Waals surface area contributed by atoms with Crippen molar-refractivity contribution in [1.29, 1.82) is 0 Å². The van der Waals surface area contributed by atoms with Crippen molar-refractivity contribution in [2.45, 2.75) is 0 Å². The number of hydrogen-bond donors (Lipinski definition) is 1. The third-order valence-corrected chi connectivity index (χ3v) is 2.13. The minimum atomic E-state index is -0.676. The van der Waals surface area contributed by atoms with Crippen molar-refractivity contribution in [2.75, 3.05) is 7.11 Å². The largest absolute Gasteiger partial charge is 0.463 e. The number of carbonyl (C=O) groups excluding carboxylic acids is 2. The molecule has 92 valence electrons. The van der Waals surface area contributed by atoms with E-state index in [1.807, 2.05) is 0 Å². The Labute approximate surface area is 101 Å². The van der Waals surface area contributed by atoms with Crippen LogP contribution in [0, 0.1) is 0 Å². The Bertz CT molecular complexity index is 607. The first-order valence-electron chi connectivity index (χ1n) is 4.88. The number of pyridine rings is 1. The number of nitrogens with two attached hydrogens (primary N) is 1. The number of aromatic nitrogens is 4. The predicted octanol–water partition coefficient (Wildman–Crippen LogP) is -0.452. The second kappa shape index (κ2) is 4.62. The lowest BCUT2D eigenvalue weighted by Gasteiger charge is -2.03. The molecular weight excluding hydrogens is 238 g/mol. The zero-order valence-electron chi connectivity index (χ0n) is 9.40. The summed E-state index contributed by atoms with van der Waals surface area (Å²) in [5.41, 5.74) is 5.39. The molecular formula is C10H9N5O3. The van der Waals surface area contributed by atoms with Gasteiger partial charge in [-0.2, -0.15) is 0 Å². The molecule has 2 heterocycles. The maximum Gasteiger partial charge on any atom is 0.377 e. The molecule has 2 aromatic heterocycles. The lowest BCUT2D eigenvalue weighted by atomic mass is 10.2. The van der Waals surface area contributed by atoms with Gasteiger partial charge >= 0.3 is 5.97 Å². The average Bonchev–Trinajstić information content (AvgIpc) is 2.87. The highest BCUT2D eigenvalue weighted by Crippen LogP contribution is 2.09. The molecule has 0 aromatic carbocycles. The molecule has 0 radical (unpaired) electrons. The van der Waals surface area contributed by atoms with E-state index in [0.717, 1.165) is 0 Å². The molecule has 0 bridgehead atoms. The Morgan fingerprint density at radius 3 is 2.83 bits per heavy atom. The first-order valence-corrected chi connectivity index (χ1v) is 4.88. The molecule has 18 heavy (non-hydrogen) atoms. The van der Waals surface area contributed by atoms with E-state index < -0.39 is 11.9 Å². The van der Waals surface area contributed by atoms with Gasteiger partial charge in [0, 0.05) is 6.20 Å². The summed E-state index contributed by atoms with van der Waals surface area (Å²) in [5, 5.41) is 3.86. The molecule has 0 aliphatic carbocycles. The zero-order chi connectivity index (χ0) is 13.1. The molecule has 0 saturated heterocycles. The monoisotopic (exact) mass is 247 g/mol. The average molecular weight is 247 g/mol. The Hall–Kier alpha value is -2.77. The van der Waals surface area contributed by atoms with Crippen LogP contribution in [0.2, 0.25) is 0 Å². The van der Waals surface area contributed by atoms with Gasteiger partial charge in [0.1, 0.15) is 6.33 Å². The summed E-state index contributed by atoms with van der Waals surface area (Å²) in [7, 11) is 1.22. The van der Waals surface area contributed by atoms with E-state index in [4.69, 9.17) is 5.73 Å². The molecule has 0 unspecified atom stereocenters. The molecule has 2 N–H and O–H groups in total. The highest BCUT2D eigenvalue weighted by Gasteiger charge is 2.16. The van der Waals surface area contributed by atoms with Crippen molar-refractivity contribution in [1.82, 2.24) is 19.7 Å². The van der Waals surface area contributed by atoms with Gasteiger partial charge in [-0.15, -0.1) is 5.10 Å². The van der Waals surface area contributed by atoms with Crippen LogP contribution < -0.4 is 5.73 Å². The number of primary amides is 1. The van der Waals surface area contributed by atoms with E-state index in [-0.39, 0.29) is 17.2 Å². The van der Waals surface area contributed by atoms with Crippen LogP contribution in [0.4, 0.5) is 0 Å². The Morgan fingerprint density at radius 2 is 2.17 bits per heavy atom. The van der Waals surface area contributed by atoms with E-state index in [9.17, 15) is 9.59 Å². The number of esters is 1. The van der Waals surface area contributed by atoms with Gasteiger partial charge in [0.25, 0.3) is 11.7 Å². The summed E-state index contributed by atoms with van der Waals surface area (Å²) in [6.07, 6.45) is 2.72. The fourth-order valence-electron chi connectivity index (χ4n) is 1.32. The molecule has 8 nitrogen and oxygen atoms in total. The van der Waals surface area contributed by atoms with Gasteiger partial charge < -0.3 is 10.5 Å². The van der Waals surface area contributed by atoms with Crippen molar-refractivity contribution in [3.63, 3.8) is 0 Å². The van der Waals surface area contributed by atoms with Crippen molar-refractivity contribution < 1.29 is 14.3 Å². The Balaban J connectivity index is 2.46. The molecule has 0 aliphatic heterocycles. The number of ether oxygens (including phenoxy) is 1. The van der Waals surface area contributed by atoms with E-state index in [1.165, 1.54) is 30.4 Å². The lowest BCUT2D eigenvalue weighted by Crippen LogP contribution is -2.16. The summed E-state index contributed by atoms with van der Waals surface area (Å²) < 4.78 is 5.66. The lowest BCUT2D eigenvalue weighted by molar-refractivity contribution is 0.0587. The zero-order valence-corrected chi connectivity index (χ0v) is 9.40. The fraction of sp³-hybridized carbons (Fsp3) is 0.100. The van der Waals surface area contributed by atoms with Gasteiger partial charge in [0.2, 0.25) is 0 Å². The molecule has 0 fully saturated rings. The second-order valence-corrected chi connectivity index (χ2v) is 3.24. The number of methoxy groups -OCH3 is 1. The molecule has 0 spiro atoms. The summed E-state index contributed by atoms with van der Waals surface area (Å²) in [4.78, 5) is 30.2. The second-order valence-electron chi connectivity index (χ2n) is 3.24. The van der Waals surface area contributed by atoms with Crippen molar-refractivity contribution >= 4 is 11.9 Å². The Morgan fingerprint density at radius 1 is 1.39 bits per heavy atom. The van der Waals surface area contributed by atoms with Crippen LogP contribution in [0.15, 0.2) is 24.7 Å². The van der Waals surface area contributed by atoms with Crippen molar-refractivity contribution in [2.24, 2.45) is 5.73 Å². The summed E-state index contributed by atoms with van der Waals surface area (Å²) >= 11 is 0. The van der Waals surface area contributed by atoms with Crippen LogP contribution in [0.3, 0.4) is 0 Å². The number of nitrogens with zero attached hydrogens (tertiary/aromatic N) is 4. The Kier molecular flexibility index (Phi) is 3.00. The minimum Gasteiger partial charge on any atom is -0.463 e. The van der Waals surface area contributed by atoms with Gasteiger partial charge in [-0.25, -0.2) is 19.4 Å². The molecule has 2 rings (SSSR count). The van der Waals surface area contributed by atoms with Gasteiger partial charge in [-0.05, 0) is 12.1 Å². The van der Waals surface area contributed by atoms with Gasteiger partial charge in [0.05, 0.1) is 12.7 Å². The van der Waals surface area contributed by atoms with Crippen molar-refractivity contribution in [3.05, 3.63) is 36.0 Å². The van der Waals surface area contributed by atoms with E-state index in [0.29, 0.717) is 0 Å². The van der Waals surface area contributed by atoms with Gasteiger partial charge in [-0.1, -0.05) is 0 Å². The van der Waals surface area contributed by atoms with Crippen molar-refractivity contribution in [3.8, 4) is 5.82 Å². The quantitative estimate of drug-likeness (QED) is 0.735. The first-order chi connectivity index (χ1) is 8.63. The fourth-order valence-corrected chi connectivity index (χ4v) is 1.32. The first kappa shape index (κ1) is 11.7. The number of amides is 1. The molecule has 0 aliphatic rings. The SMILES string of the molecule is COC(=O)c1ncn(-c2ncccc2C(N)=O)n1. The standard InChI is InChI=1S/C10H9N5O3/c1-18-10(17)8-13-5-15(14-8)9-6(7(11)16)3-2-4-12-9/h2-5H,1H3,(H2,11,16). The van der Waals surface area contributed by atoms with Crippen LogP contribution >= 0.6 is 0 Å². The molecule has 1 amide bonds. The highest BCUT2D eigenvalue weighted by molar-refractivity contribution is 5.95. The summed E-state index contributed by atoms with van der Waals surface area (Å²) in [6, 6.07) is 3.08. The maximum atomic E-state index is 11.2. The summed E-state index contributed by atoms with van der Waals surface area (Å²) in [6.45, 7) is 0. The third kappa shape index (κ3) is 2.03. The molecule has 0 saturated carbocycles. The van der Waals surface area contributed by atoms with E-state index in [1.54, 1.807) is 6.07 Å². The predicted molar refractivity (Wildman–Crippen MR) is 59.0 cm³/mol. The van der Waals surface area contributed by atoms with Crippen LogP contribution in [0.1, 0.15) is 21.0 Å². The number of rotatable bonds is 3. The van der Waals surface area contributed by atoms with Crippen LogP contribution in [-0.4, -0.2) is 38.7 Å². The molecule has 0 atom stereocenters. The normalized spacial score (nSPS) is 10.1. The van der Waals surface area contributed by atoms with E-state index in [2.05, 4.69) is 19.8 Å². The molecule has 2 aromatic rings. The van der Waals surface area contributed by atoms with Crippen LogP contribution in [0.5, 0.6) is 0 Å². The minimum absolute atomic E-state index is 0.126. The van der Waals surface area contributed by atoms with Gasteiger partial charge in [0.15, 0.2) is 5.82 Å². The summed E-state index contributed by atoms with van der Waals surface area (Å²) in [5.74, 6) is -1.25. The van der Waals surface area contributed by atoms with Gasteiger partial charge in [-0.3, -0.25) is 4.79 Å². The number of hydrogen-bond acceptors (Lipinski definition) is 6. The maximum absolute atomic E-state index is 11.2. The highest BCUT2D eigenvalue weighted by atomic mass is 16.5. The van der Waals surface area contributed by atoms with E-state index >= 15 is 0 Å². The molecule has 8 heteroatoms.